The summed E-state index contributed by atoms with van der Waals surface area (Å²) in [5, 5.41) is 0. The van der Waals surface area contributed by atoms with Crippen molar-refractivity contribution in [1.82, 2.24) is 0 Å². The van der Waals surface area contributed by atoms with Crippen LogP contribution in [-0.4, -0.2) is 12.9 Å². The van der Waals surface area contributed by atoms with Crippen LogP contribution in [0.4, 0.5) is 0 Å². The molecule has 0 aliphatic heterocycles. The molecule has 0 spiro atoms. The molecule has 1 saturated carbocycles. The first-order valence-corrected chi connectivity index (χ1v) is 7.48. The van der Waals surface area contributed by atoms with Crippen LogP contribution in [0, 0.1) is 0 Å². The second kappa shape index (κ2) is 1.76. The molecule has 1 fully saturated rings. The highest BCUT2D eigenvalue weighted by Crippen LogP contribution is 2.59. The van der Waals surface area contributed by atoms with Gasteiger partial charge in [0.05, 0.1) is 0 Å². The lowest BCUT2D eigenvalue weighted by Crippen LogP contribution is -2.23. The van der Waals surface area contributed by atoms with Crippen molar-refractivity contribution in [3.63, 3.8) is 0 Å². The van der Waals surface area contributed by atoms with E-state index in [0.29, 0.717) is 0 Å². The van der Waals surface area contributed by atoms with Gasteiger partial charge in [0.2, 0.25) is 0 Å². The molecule has 0 N–H and O–H groups in total. The van der Waals surface area contributed by atoms with Crippen molar-refractivity contribution in [2.24, 2.45) is 0 Å². The molecule has 0 aromatic heterocycles. The highest BCUT2D eigenvalue weighted by Gasteiger charge is 2.54. The highest BCUT2D eigenvalue weighted by atomic mass is 35.5. The Morgan fingerprint density at radius 2 is 1.78 bits per heavy atom. The summed E-state index contributed by atoms with van der Waals surface area (Å²) in [5.41, 5.74) is 0.867. The number of alkyl halides is 1. The Labute approximate surface area is 63.6 Å². The monoisotopic (exact) mass is 162 g/mol. The Morgan fingerprint density at radius 1 is 1.44 bits per heavy atom. The van der Waals surface area contributed by atoms with Crippen LogP contribution in [0.2, 0.25) is 25.2 Å². The Balaban J connectivity index is 2.52. The van der Waals surface area contributed by atoms with Gasteiger partial charge in [0, 0.05) is 12.9 Å². The molecular weight excluding hydrogens is 148 g/mol. The maximum Gasteiger partial charge on any atom is 0.0493 e. The first-order chi connectivity index (χ1) is 3.84. The fourth-order valence-corrected chi connectivity index (χ4v) is 5.66. The van der Waals surface area contributed by atoms with Crippen LogP contribution < -0.4 is 0 Å². The van der Waals surface area contributed by atoms with Gasteiger partial charge in [-0.25, -0.2) is 0 Å². The van der Waals surface area contributed by atoms with Gasteiger partial charge in [-0.05, 0) is 18.9 Å². The first kappa shape index (κ1) is 7.61. The van der Waals surface area contributed by atoms with Crippen LogP contribution in [0.25, 0.3) is 0 Å². The molecule has 9 heavy (non-hydrogen) atoms. The van der Waals surface area contributed by atoms with Gasteiger partial charge in [-0.3, -0.25) is 0 Å². The SMILES string of the molecule is CC1(Cl)CC1[Si](C)(C)C. The molecule has 2 atom stereocenters. The summed E-state index contributed by atoms with van der Waals surface area (Å²) in [4.78, 5) is 0.185. The third-order valence-electron chi connectivity index (χ3n) is 2.22. The topological polar surface area (TPSA) is 0 Å². The molecule has 1 rings (SSSR count). The van der Waals surface area contributed by atoms with Crippen LogP contribution in [-0.2, 0) is 0 Å². The van der Waals surface area contributed by atoms with Crippen molar-refractivity contribution < 1.29 is 0 Å². The average molecular weight is 163 g/mol. The zero-order valence-corrected chi connectivity index (χ0v) is 8.42. The van der Waals surface area contributed by atoms with Gasteiger partial charge in [0.1, 0.15) is 0 Å². The summed E-state index contributed by atoms with van der Waals surface area (Å²) >= 11 is 6.13. The lowest BCUT2D eigenvalue weighted by atomic mass is 10.5. The molecule has 0 aromatic rings. The molecule has 1 aliphatic carbocycles. The van der Waals surface area contributed by atoms with Gasteiger partial charge < -0.3 is 0 Å². The molecule has 0 bridgehead atoms. The Bertz CT molecular complexity index is 123. The summed E-state index contributed by atoms with van der Waals surface area (Å²) in [7, 11) is -0.891. The van der Waals surface area contributed by atoms with E-state index in [0.717, 1.165) is 5.54 Å². The van der Waals surface area contributed by atoms with Crippen molar-refractivity contribution in [1.29, 1.82) is 0 Å². The second-order valence-electron chi connectivity index (χ2n) is 4.40. The van der Waals surface area contributed by atoms with Gasteiger partial charge >= 0.3 is 0 Å². The average Bonchev–Trinajstić information content (AvgIpc) is 2.10. The van der Waals surface area contributed by atoms with Gasteiger partial charge in [-0.2, -0.15) is 0 Å². The quantitative estimate of drug-likeness (QED) is 0.411. The minimum Gasteiger partial charge on any atom is -0.120 e. The van der Waals surface area contributed by atoms with E-state index in [1.54, 1.807) is 0 Å². The van der Waals surface area contributed by atoms with E-state index in [2.05, 4.69) is 26.6 Å². The maximum absolute atomic E-state index is 6.13. The predicted molar refractivity (Wildman–Crippen MR) is 46.0 cm³/mol. The zero-order valence-electron chi connectivity index (χ0n) is 6.66. The van der Waals surface area contributed by atoms with Gasteiger partial charge in [-0.1, -0.05) is 19.6 Å². The summed E-state index contributed by atoms with van der Waals surface area (Å²) in [5.74, 6) is 0. The van der Waals surface area contributed by atoms with Crippen molar-refractivity contribution in [2.75, 3.05) is 0 Å². The summed E-state index contributed by atoms with van der Waals surface area (Å²) in [6, 6.07) is 0. The molecule has 0 nitrogen and oxygen atoms in total. The summed E-state index contributed by atoms with van der Waals surface area (Å²) in [6.07, 6.45) is 1.25. The van der Waals surface area contributed by atoms with Crippen molar-refractivity contribution >= 4 is 19.7 Å². The highest BCUT2D eigenvalue weighted by molar-refractivity contribution is 6.79. The fraction of sp³-hybridized carbons (Fsp3) is 1.00. The summed E-state index contributed by atoms with van der Waals surface area (Å²) < 4.78 is 0. The first-order valence-electron chi connectivity index (χ1n) is 3.53. The predicted octanol–water partition coefficient (Wildman–Crippen LogP) is 3.10. The zero-order chi connectivity index (χ0) is 7.28. The number of halogens is 1. The Hall–Kier alpha value is 0.507. The lowest BCUT2D eigenvalue weighted by Gasteiger charge is -2.16. The minimum absolute atomic E-state index is 0.185. The third-order valence-corrected chi connectivity index (χ3v) is 5.75. The van der Waals surface area contributed by atoms with E-state index in [-0.39, 0.29) is 4.87 Å². The summed E-state index contributed by atoms with van der Waals surface area (Å²) in [6.45, 7) is 9.35. The molecule has 54 valence electrons. The van der Waals surface area contributed by atoms with Crippen LogP contribution in [0.5, 0.6) is 0 Å². The maximum atomic E-state index is 6.13. The standard InChI is InChI=1S/C7H15ClSi/c1-7(8)5-6(7)9(2,3)4/h6H,5H2,1-4H3. The van der Waals surface area contributed by atoms with Gasteiger partial charge in [-0.15, -0.1) is 11.6 Å². The van der Waals surface area contributed by atoms with E-state index in [4.69, 9.17) is 11.6 Å². The molecule has 2 unspecified atom stereocenters. The molecule has 1 aliphatic rings. The molecule has 0 heterocycles. The van der Waals surface area contributed by atoms with Crippen LogP contribution in [0.15, 0.2) is 0 Å². The molecule has 0 aromatic carbocycles. The fourth-order valence-electron chi connectivity index (χ4n) is 1.55. The van der Waals surface area contributed by atoms with Crippen LogP contribution in [0.3, 0.4) is 0 Å². The number of hydrogen-bond acceptors (Lipinski definition) is 0. The van der Waals surface area contributed by atoms with Gasteiger partial charge in [0.25, 0.3) is 0 Å². The third kappa shape index (κ3) is 1.50. The van der Waals surface area contributed by atoms with E-state index in [1.807, 2.05) is 0 Å². The lowest BCUT2D eigenvalue weighted by molar-refractivity contribution is 1.02. The molecule has 0 radical (unpaired) electrons. The number of hydrogen-bond donors (Lipinski definition) is 0. The van der Waals surface area contributed by atoms with Crippen molar-refractivity contribution in [2.45, 2.75) is 43.4 Å². The normalized spacial score (nSPS) is 43.0. The molecule has 2 heteroatoms. The van der Waals surface area contributed by atoms with E-state index < -0.39 is 8.07 Å². The minimum atomic E-state index is -0.891. The largest absolute Gasteiger partial charge is 0.120 e. The Kier molecular flexibility index (Phi) is 1.49. The molecule has 0 amide bonds. The van der Waals surface area contributed by atoms with E-state index in [1.165, 1.54) is 6.42 Å². The van der Waals surface area contributed by atoms with Crippen LogP contribution >= 0.6 is 11.6 Å². The van der Waals surface area contributed by atoms with Crippen molar-refractivity contribution in [3.8, 4) is 0 Å². The molecular formula is C7H15ClSi. The van der Waals surface area contributed by atoms with E-state index >= 15 is 0 Å². The second-order valence-corrected chi connectivity index (χ2v) is 10.7. The van der Waals surface area contributed by atoms with Crippen molar-refractivity contribution in [3.05, 3.63) is 0 Å². The van der Waals surface area contributed by atoms with Gasteiger partial charge in [0.15, 0.2) is 0 Å². The smallest absolute Gasteiger partial charge is 0.0493 e. The van der Waals surface area contributed by atoms with E-state index in [9.17, 15) is 0 Å². The Morgan fingerprint density at radius 3 is 1.78 bits per heavy atom. The number of rotatable bonds is 1. The van der Waals surface area contributed by atoms with Crippen LogP contribution in [0.1, 0.15) is 13.3 Å². The molecule has 0 saturated heterocycles.